The summed E-state index contributed by atoms with van der Waals surface area (Å²) in [4.78, 5) is 31.0. The second kappa shape index (κ2) is 7.66. The van der Waals surface area contributed by atoms with Gasteiger partial charge in [0.25, 0.3) is 11.8 Å². The highest BCUT2D eigenvalue weighted by atomic mass is 35.5. The topological polar surface area (TPSA) is 62.3 Å². The largest absolute Gasteiger partial charge is 0.339 e. The quantitative estimate of drug-likeness (QED) is 0.905. The van der Waals surface area contributed by atoms with Gasteiger partial charge in [0, 0.05) is 36.2 Å². The highest BCUT2D eigenvalue weighted by molar-refractivity contribution is 6.31. The molecule has 1 aromatic carbocycles. The standard InChI is InChI=1S/C19H20ClN3O2/c1-13-5-6-16(20)10-17(13)22-18(24)14-9-15(12-21-11-14)19(25)23-7-3-2-4-8-23/h5-6,9-12H,2-4,7-8H2,1H3,(H,22,24). The summed E-state index contributed by atoms with van der Waals surface area (Å²) in [6.07, 6.45) is 6.17. The Labute approximate surface area is 152 Å². The van der Waals surface area contributed by atoms with E-state index >= 15 is 0 Å². The van der Waals surface area contributed by atoms with Gasteiger partial charge in [-0.3, -0.25) is 14.6 Å². The van der Waals surface area contributed by atoms with Crippen LogP contribution in [0.4, 0.5) is 5.69 Å². The van der Waals surface area contributed by atoms with Crippen LogP contribution >= 0.6 is 11.6 Å². The normalized spacial score (nSPS) is 14.2. The van der Waals surface area contributed by atoms with E-state index in [1.165, 1.54) is 12.4 Å². The van der Waals surface area contributed by atoms with Crippen LogP contribution in [0.5, 0.6) is 0 Å². The monoisotopic (exact) mass is 357 g/mol. The third kappa shape index (κ3) is 4.17. The van der Waals surface area contributed by atoms with Gasteiger partial charge in [0.05, 0.1) is 11.1 Å². The van der Waals surface area contributed by atoms with Crippen molar-refractivity contribution in [3.63, 3.8) is 0 Å². The molecule has 130 valence electrons. The van der Waals surface area contributed by atoms with Crippen LogP contribution in [0.2, 0.25) is 5.02 Å². The van der Waals surface area contributed by atoms with Gasteiger partial charge in [-0.1, -0.05) is 17.7 Å². The van der Waals surface area contributed by atoms with Gasteiger partial charge in [0.2, 0.25) is 0 Å². The Morgan fingerprint density at radius 2 is 1.80 bits per heavy atom. The summed E-state index contributed by atoms with van der Waals surface area (Å²) in [5.41, 5.74) is 2.34. The minimum absolute atomic E-state index is 0.0687. The minimum Gasteiger partial charge on any atom is -0.339 e. The maximum Gasteiger partial charge on any atom is 0.257 e. The van der Waals surface area contributed by atoms with Crippen LogP contribution in [-0.2, 0) is 0 Å². The number of hydrogen-bond acceptors (Lipinski definition) is 3. The molecule has 1 aliphatic rings. The third-order valence-electron chi connectivity index (χ3n) is 4.34. The van der Waals surface area contributed by atoms with Crippen molar-refractivity contribution in [1.82, 2.24) is 9.88 Å². The van der Waals surface area contributed by atoms with Crippen LogP contribution in [0.15, 0.2) is 36.7 Å². The maximum absolute atomic E-state index is 12.6. The fourth-order valence-corrected chi connectivity index (χ4v) is 3.06. The summed E-state index contributed by atoms with van der Waals surface area (Å²) in [5.74, 6) is -0.382. The predicted molar refractivity (Wildman–Crippen MR) is 98.1 cm³/mol. The lowest BCUT2D eigenvalue weighted by Gasteiger charge is -2.26. The van der Waals surface area contributed by atoms with E-state index in [0.29, 0.717) is 21.8 Å². The Morgan fingerprint density at radius 3 is 2.56 bits per heavy atom. The number of piperidine rings is 1. The number of rotatable bonds is 3. The van der Waals surface area contributed by atoms with E-state index in [0.717, 1.165) is 37.9 Å². The van der Waals surface area contributed by atoms with E-state index in [-0.39, 0.29) is 11.8 Å². The van der Waals surface area contributed by atoms with Gasteiger partial charge < -0.3 is 10.2 Å². The van der Waals surface area contributed by atoms with E-state index in [4.69, 9.17) is 11.6 Å². The molecule has 0 saturated carbocycles. The van der Waals surface area contributed by atoms with Gasteiger partial charge in [-0.25, -0.2) is 0 Å². The summed E-state index contributed by atoms with van der Waals surface area (Å²) < 4.78 is 0. The number of carbonyl (C=O) groups excluding carboxylic acids is 2. The summed E-state index contributed by atoms with van der Waals surface area (Å²) in [5, 5.41) is 3.37. The molecule has 3 rings (SSSR count). The van der Waals surface area contributed by atoms with Crippen molar-refractivity contribution < 1.29 is 9.59 Å². The zero-order valence-electron chi connectivity index (χ0n) is 14.1. The van der Waals surface area contributed by atoms with Crippen LogP contribution < -0.4 is 5.32 Å². The number of aromatic nitrogens is 1. The number of pyridine rings is 1. The molecule has 1 aromatic heterocycles. The number of halogens is 1. The SMILES string of the molecule is Cc1ccc(Cl)cc1NC(=O)c1cncc(C(=O)N2CCCCC2)c1. The molecular weight excluding hydrogens is 338 g/mol. The van der Waals surface area contributed by atoms with Gasteiger partial charge in [-0.2, -0.15) is 0 Å². The molecule has 2 amide bonds. The van der Waals surface area contributed by atoms with E-state index in [1.54, 1.807) is 18.2 Å². The van der Waals surface area contributed by atoms with E-state index < -0.39 is 0 Å². The first-order valence-corrected chi connectivity index (χ1v) is 8.74. The van der Waals surface area contributed by atoms with Crippen LogP contribution in [-0.4, -0.2) is 34.8 Å². The number of aryl methyl sites for hydroxylation is 1. The van der Waals surface area contributed by atoms with Gasteiger partial charge in [0.1, 0.15) is 0 Å². The second-order valence-electron chi connectivity index (χ2n) is 6.23. The lowest BCUT2D eigenvalue weighted by molar-refractivity contribution is 0.0724. The summed E-state index contributed by atoms with van der Waals surface area (Å²) in [6, 6.07) is 6.91. The van der Waals surface area contributed by atoms with Crippen molar-refractivity contribution in [2.75, 3.05) is 18.4 Å². The van der Waals surface area contributed by atoms with Crippen LogP contribution in [0, 0.1) is 6.92 Å². The Bertz CT molecular complexity index is 801. The fraction of sp³-hybridized carbons (Fsp3) is 0.316. The van der Waals surface area contributed by atoms with Crippen LogP contribution in [0.3, 0.4) is 0 Å². The van der Waals surface area contributed by atoms with Gasteiger partial charge in [-0.15, -0.1) is 0 Å². The number of amides is 2. The highest BCUT2D eigenvalue weighted by Crippen LogP contribution is 2.21. The van der Waals surface area contributed by atoms with Crippen molar-refractivity contribution in [3.05, 3.63) is 58.4 Å². The molecule has 0 atom stereocenters. The zero-order valence-corrected chi connectivity index (χ0v) is 14.8. The summed E-state index contributed by atoms with van der Waals surface area (Å²) >= 11 is 5.99. The van der Waals surface area contributed by atoms with Crippen molar-refractivity contribution >= 4 is 29.1 Å². The van der Waals surface area contributed by atoms with Gasteiger partial charge in [-0.05, 0) is 49.9 Å². The van der Waals surface area contributed by atoms with E-state index in [2.05, 4.69) is 10.3 Å². The van der Waals surface area contributed by atoms with Crippen molar-refractivity contribution in [2.24, 2.45) is 0 Å². The highest BCUT2D eigenvalue weighted by Gasteiger charge is 2.19. The molecule has 1 fully saturated rings. The molecule has 5 nitrogen and oxygen atoms in total. The van der Waals surface area contributed by atoms with E-state index in [9.17, 15) is 9.59 Å². The molecule has 2 aromatic rings. The molecule has 25 heavy (non-hydrogen) atoms. The van der Waals surface area contributed by atoms with Crippen LogP contribution in [0.25, 0.3) is 0 Å². The summed E-state index contributed by atoms with van der Waals surface area (Å²) in [7, 11) is 0. The number of hydrogen-bond donors (Lipinski definition) is 1. The predicted octanol–water partition coefficient (Wildman–Crippen LogP) is 3.92. The summed E-state index contributed by atoms with van der Waals surface area (Å²) in [6.45, 7) is 3.41. The van der Waals surface area contributed by atoms with Crippen LogP contribution in [0.1, 0.15) is 45.5 Å². The van der Waals surface area contributed by atoms with Gasteiger partial charge >= 0.3 is 0 Å². The minimum atomic E-state index is -0.314. The van der Waals surface area contributed by atoms with Crippen molar-refractivity contribution in [1.29, 1.82) is 0 Å². The first kappa shape index (κ1) is 17.4. The number of nitrogens with one attached hydrogen (secondary N) is 1. The first-order valence-electron chi connectivity index (χ1n) is 8.36. The average Bonchev–Trinajstić information content (AvgIpc) is 2.65. The number of anilines is 1. The number of likely N-dealkylation sites (tertiary alicyclic amines) is 1. The zero-order chi connectivity index (χ0) is 17.8. The molecule has 0 bridgehead atoms. The molecule has 0 aliphatic carbocycles. The van der Waals surface area contributed by atoms with E-state index in [1.807, 2.05) is 17.9 Å². The molecule has 1 saturated heterocycles. The molecule has 2 heterocycles. The van der Waals surface area contributed by atoms with Crippen molar-refractivity contribution in [2.45, 2.75) is 26.2 Å². The average molecular weight is 358 g/mol. The molecule has 1 N–H and O–H groups in total. The Hall–Kier alpha value is -2.40. The molecule has 0 unspecified atom stereocenters. The molecular formula is C19H20ClN3O2. The molecule has 0 radical (unpaired) electrons. The Balaban J connectivity index is 1.77. The van der Waals surface area contributed by atoms with Gasteiger partial charge in [0.15, 0.2) is 0 Å². The number of carbonyl (C=O) groups is 2. The maximum atomic E-state index is 12.6. The lowest BCUT2D eigenvalue weighted by Crippen LogP contribution is -2.35. The smallest absolute Gasteiger partial charge is 0.257 e. The number of nitrogens with zero attached hydrogens (tertiary/aromatic N) is 2. The molecule has 1 aliphatic heterocycles. The van der Waals surface area contributed by atoms with Crippen molar-refractivity contribution in [3.8, 4) is 0 Å². The first-order chi connectivity index (χ1) is 12.0. The fourth-order valence-electron chi connectivity index (χ4n) is 2.88. The number of benzene rings is 1. The Morgan fingerprint density at radius 1 is 1.08 bits per heavy atom. The second-order valence-corrected chi connectivity index (χ2v) is 6.66. The Kier molecular flexibility index (Phi) is 5.34. The lowest BCUT2D eigenvalue weighted by atomic mass is 10.1. The molecule has 6 heteroatoms. The third-order valence-corrected chi connectivity index (χ3v) is 4.57. The molecule has 0 spiro atoms.